The lowest BCUT2D eigenvalue weighted by atomic mass is 10.1. The van der Waals surface area contributed by atoms with Gasteiger partial charge in [-0.15, -0.1) is 5.92 Å². The quantitative estimate of drug-likeness (QED) is 0.800. The lowest BCUT2D eigenvalue weighted by molar-refractivity contribution is -0.127. The Kier molecular flexibility index (Phi) is 4.30. The second kappa shape index (κ2) is 6.26. The fourth-order valence-electron chi connectivity index (χ4n) is 2.75. The van der Waals surface area contributed by atoms with Crippen LogP contribution in [0, 0.1) is 18.8 Å². The summed E-state index contributed by atoms with van der Waals surface area (Å²) in [6, 6.07) is 2.78. The van der Waals surface area contributed by atoms with E-state index in [1.165, 1.54) is 4.31 Å². The Balaban J connectivity index is 1.91. The van der Waals surface area contributed by atoms with Crippen LogP contribution in [0.5, 0.6) is 0 Å². The fourth-order valence-corrected chi connectivity index (χ4v) is 4.64. The van der Waals surface area contributed by atoms with Crippen LogP contribution in [-0.4, -0.2) is 48.0 Å². The minimum atomic E-state index is -3.78. The van der Waals surface area contributed by atoms with E-state index in [1.54, 1.807) is 19.2 Å². The highest BCUT2D eigenvalue weighted by Crippen LogP contribution is 2.31. The molecule has 126 valence electrons. The standard InChI is InChI=1S/C16H18N4O3S/c1-3-4-6-17-16(21)13-5-7-20(13)24(22,23)14-9-11(2)8-12-10-18-19-15(12)14/h8-10,13H,5-7H2,1-2H3,(H,17,21)(H,18,19)/t13-/m0/s1. The van der Waals surface area contributed by atoms with Gasteiger partial charge < -0.3 is 5.32 Å². The average Bonchev–Trinajstić information content (AvgIpc) is 2.92. The molecule has 3 rings (SSSR count). The fraction of sp³-hybridized carbons (Fsp3) is 0.375. The zero-order valence-electron chi connectivity index (χ0n) is 13.5. The van der Waals surface area contributed by atoms with E-state index in [2.05, 4.69) is 27.4 Å². The van der Waals surface area contributed by atoms with E-state index in [4.69, 9.17) is 0 Å². The number of aromatic nitrogens is 2. The number of hydrogen-bond donors (Lipinski definition) is 2. The molecule has 0 saturated carbocycles. The molecule has 0 bridgehead atoms. The highest BCUT2D eigenvalue weighted by atomic mass is 32.2. The van der Waals surface area contributed by atoms with Gasteiger partial charge in [0.05, 0.1) is 18.3 Å². The molecule has 2 N–H and O–H groups in total. The summed E-state index contributed by atoms with van der Waals surface area (Å²) in [5, 5.41) is 10.0. The molecule has 2 aromatic rings. The first-order valence-electron chi connectivity index (χ1n) is 7.58. The predicted molar refractivity (Wildman–Crippen MR) is 89.6 cm³/mol. The zero-order valence-corrected chi connectivity index (χ0v) is 14.3. The van der Waals surface area contributed by atoms with Crippen LogP contribution in [0.1, 0.15) is 18.9 Å². The van der Waals surface area contributed by atoms with Crippen molar-refractivity contribution in [1.29, 1.82) is 0 Å². The lowest BCUT2D eigenvalue weighted by Gasteiger charge is -2.38. The van der Waals surface area contributed by atoms with Gasteiger partial charge in [-0.1, -0.05) is 5.92 Å². The Morgan fingerprint density at radius 3 is 2.96 bits per heavy atom. The Morgan fingerprint density at radius 2 is 2.29 bits per heavy atom. The summed E-state index contributed by atoms with van der Waals surface area (Å²) < 4.78 is 27.2. The maximum atomic E-state index is 13.0. The molecule has 1 aromatic heterocycles. The van der Waals surface area contributed by atoms with Crippen molar-refractivity contribution >= 4 is 26.8 Å². The SMILES string of the molecule is CC#CCNC(=O)[C@@H]1CCN1S(=O)(=O)c1cc(C)cc2cn[nH]c12. The van der Waals surface area contributed by atoms with E-state index in [0.29, 0.717) is 18.5 Å². The number of amides is 1. The Morgan fingerprint density at radius 1 is 1.50 bits per heavy atom. The summed E-state index contributed by atoms with van der Waals surface area (Å²) in [4.78, 5) is 12.3. The monoisotopic (exact) mass is 346 g/mol. The molecular weight excluding hydrogens is 328 g/mol. The van der Waals surface area contributed by atoms with Gasteiger partial charge in [0.15, 0.2) is 0 Å². The highest BCUT2D eigenvalue weighted by molar-refractivity contribution is 7.89. The van der Waals surface area contributed by atoms with Crippen molar-refractivity contribution in [3.8, 4) is 11.8 Å². The van der Waals surface area contributed by atoms with Crippen molar-refractivity contribution in [3.05, 3.63) is 23.9 Å². The number of nitrogens with one attached hydrogen (secondary N) is 2. The van der Waals surface area contributed by atoms with E-state index in [-0.39, 0.29) is 17.3 Å². The summed E-state index contributed by atoms with van der Waals surface area (Å²) in [5.74, 6) is 5.10. The van der Waals surface area contributed by atoms with Crippen LogP contribution in [0.15, 0.2) is 23.2 Å². The van der Waals surface area contributed by atoms with Crippen LogP contribution in [0.2, 0.25) is 0 Å². The molecule has 1 fully saturated rings. The Labute approximate surface area is 140 Å². The van der Waals surface area contributed by atoms with Gasteiger partial charge in [0.1, 0.15) is 10.9 Å². The minimum absolute atomic E-state index is 0.154. The molecule has 0 spiro atoms. The van der Waals surface area contributed by atoms with Gasteiger partial charge >= 0.3 is 0 Å². The molecule has 1 saturated heterocycles. The van der Waals surface area contributed by atoms with Crippen LogP contribution < -0.4 is 5.32 Å². The first-order chi connectivity index (χ1) is 11.4. The van der Waals surface area contributed by atoms with E-state index in [9.17, 15) is 13.2 Å². The number of carbonyl (C=O) groups is 1. The summed E-state index contributed by atoms with van der Waals surface area (Å²) in [6.45, 7) is 4.05. The number of sulfonamides is 1. The van der Waals surface area contributed by atoms with Crippen LogP contribution in [0.25, 0.3) is 10.9 Å². The third kappa shape index (κ3) is 2.77. The van der Waals surface area contributed by atoms with Gasteiger partial charge in [-0.2, -0.15) is 9.40 Å². The van der Waals surface area contributed by atoms with Gasteiger partial charge in [-0.05, 0) is 38.0 Å². The second-order valence-corrected chi connectivity index (χ2v) is 7.52. The van der Waals surface area contributed by atoms with Crippen molar-refractivity contribution < 1.29 is 13.2 Å². The average molecular weight is 346 g/mol. The number of aromatic amines is 1. The lowest BCUT2D eigenvalue weighted by Crippen LogP contribution is -2.58. The molecule has 0 aliphatic carbocycles. The van der Waals surface area contributed by atoms with Crippen LogP contribution in [-0.2, 0) is 14.8 Å². The third-order valence-electron chi connectivity index (χ3n) is 4.04. The Hall–Kier alpha value is -2.37. The molecule has 1 aromatic carbocycles. The van der Waals surface area contributed by atoms with Gasteiger partial charge in [0.25, 0.3) is 0 Å². The summed E-state index contributed by atoms with van der Waals surface area (Å²) in [6.07, 6.45) is 2.09. The van der Waals surface area contributed by atoms with Crippen LogP contribution in [0.3, 0.4) is 0 Å². The van der Waals surface area contributed by atoms with Gasteiger partial charge in [-0.25, -0.2) is 8.42 Å². The first-order valence-corrected chi connectivity index (χ1v) is 9.02. The van der Waals surface area contributed by atoms with Gasteiger partial charge in [-0.3, -0.25) is 9.89 Å². The zero-order chi connectivity index (χ0) is 17.3. The number of hydrogen-bond acceptors (Lipinski definition) is 4. The molecule has 0 radical (unpaired) electrons. The third-order valence-corrected chi connectivity index (χ3v) is 5.98. The maximum absolute atomic E-state index is 13.0. The van der Waals surface area contributed by atoms with Gasteiger partial charge in [0.2, 0.25) is 15.9 Å². The van der Waals surface area contributed by atoms with Crippen molar-refractivity contribution in [1.82, 2.24) is 19.8 Å². The van der Waals surface area contributed by atoms with Crippen molar-refractivity contribution in [3.63, 3.8) is 0 Å². The maximum Gasteiger partial charge on any atom is 0.245 e. The molecule has 7 nitrogen and oxygen atoms in total. The van der Waals surface area contributed by atoms with Crippen molar-refractivity contribution in [2.75, 3.05) is 13.1 Å². The smallest absolute Gasteiger partial charge is 0.245 e. The summed E-state index contributed by atoms with van der Waals surface area (Å²) >= 11 is 0. The molecule has 1 atom stereocenters. The van der Waals surface area contributed by atoms with E-state index in [1.807, 2.05) is 13.0 Å². The molecular formula is C16H18N4O3S. The number of nitrogens with zero attached hydrogens (tertiary/aromatic N) is 2. The van der Waals surface area contributed by atoms with Crippen molar-refractivity contribution in [2.45, 2.75) is 31.2 Å². The second-order valence-electron chi connectivity index (χ2n) is 5.66. The minimum Gasteiger partial charge on any atom is -0.344 e. The summed E-state index contributed by atoms with van der Waals surface area (Å²) in [5.41, 5.74) is 1.28. The molecule has 8 heteroatoms. The topological polar surface area (TPSA) is 95.2 Å². The first kappa shape index (κ1) is 16.5. The number of aryl methyl sites for hydroxylation is 1. The molecule has 0 unspecified atom stereocenters. The Bertz CT molecular complexity index is 953. The van der Waals surface area contributed by atoms with E-state index in [0.717, 1.165) is 10.9 Å². The molecule has 1 aliphatic rings. The number of fused-ring (bicyclic) bond motifs is 1. The predicted octanol–water partition coefficient (Wildman–Crippen LogP) is 0.774. The molecule has 2 heterocycles. The molecule has 1 aliphatic heterocycles. The number of benzene rings is 1. The van der Waals surface area contributed by atoms with Gasteiger partial charge in [0, 0.05) is 11.9 Å². The number of rotatable bonds is 4. The largest absolute Gasteiger partial charge is 0.344 e. The molecule has 1 amide bonds. The normalized spacial score (nSPS) is 17.8. The van der Waals surface area contributed by atoms with Crippen molar-refractivity contribution in [2.24, 2.45) is 0 Å². The van der Waals surface area contributed by atoms with E-state index < -0.39 is 16.1 Å². The van der Waals surface area contributed by atoms with Crippen LogP contribution >= 0.6 is 0 Å². The van der Waals surface area contributed by atoms with E-state index >= 15 is 0 Å². The summed E-state index contributed by atoms with van der Waals surface area (Å²) in [7, 11) is -3.78. The number of H-pyrrole nitrogens is 1. The molecule has 24 heavy (non-hydrogen) atoms. The highest BCUT2D eigenvalue weighted by Gasteiger charge is 2.43. The van der Waals surface area contributed by atoms with Crippen LogP contribution in [0.4, 0.5) is 0 Å². The number of carbonyl (C=O) groups excluding carboxylic acids is 1.